The third-order valence-electron chi connectivity index (χ3n) is 4.51. The maximum Gasteiger partial charge on any atom is 0.351 e. The lowest BCUT2D eigenvalue weighted by atomic mass is 10.1. The van der Waals surface area contributed by atoms with Gasteiger partial charge in [-0.2, -0.15) is 0 Å². The molecule has 0 amide bonds. The highest BCUT2D eigenvalue weighted by molar-refractivity contribution is 5.99. The number of rotatable bonds is 7. The topological polar surface area (TPSA) is 76.0 Å². The first-order valence-corrected chi connectivity index (χ1v) is 8.75. The zero-order valence-corrected chi connectivity index (χ0v) is 15.7. The lowest BCUT2D eigenvalue weighted by molar-refractivity contribution is -0.153. The minimum atomic E-state index is -0.887. The maximum absolute atomic E-state index is 12.5. The van der Waals surface area contributed by atoms with E-state index in [1.54, 1.807) is 31.4 Å². The van der Waals surface area contributed by atoms with Crippen LogP contribution in [-0.2, 0) is 20.8 Å². The predicted octanol–water partition coefficient (Wildman–Crippen LogP) is 2.32. The first kappa shape index (κ1) is 19.0. The predicted molar refractivity (Wildman–Crippen MR) is 97.4 cm³/mol. The molecule has 27 heavy (non-hydrogen) atoms. The molecule has 0 spiro atoms. The van der Waals surface area contributed by atoms with Crippen LogP contribution < -0.4 is 9.47 Å². The Balaban J connectivity index is 1.59. The lowest BCUT2D eigenvalue weighted by Crippen LogP contribution is -2.38. The van der Waals surface area contributed by atoms with Crippen molar-refractivity contribution >= 4 is 11.8 Å². The van der Waals surface area contributed by atoms with Gasteiger partial charge in [0.1, 0.15) is 6.61 Å². The molecule has 1 aromatic carbocycles. The Hall–Kier alpha value is -2.80. The lowest BCUT2D eigenvalue weighted by Gasteiger charge is -2.24. The molecule has 0 radical (unpaired) electrons. The maximum atomic E-state index is 12.5. The zero-order chi connectivity index (χ0) is 19.4. The van der Waals surface area contributed by atoms with Gasteiger partial charge in [-0.05, 0) is 32.0 Å². The molecule has 0 saturated carbocycles. The number of aromatic nitrogens is 1. The van der Waals surface area contributed by atoms with Gasteiger partial charge >= 0.3 is 5.97 Å². The van der Waals surface area contributed by atoms with Crippen LogP contribution in [0.5, 0.6) is 11.5 Å². The van der Waals surface area contributed by atoms with Crippen molar-refractivity contribution < 1.29 is 28.5 Å². The summed E-state index contributed by atoms with van der Waals surface area (Å²) in [6.45, 7) is 4.72. The Kier molecular flexibility index (Phi) is 5.81. The van der Waals surface area contributed by atoms with Crippen molar-refractivity contribution in [1.82, 2.24) is 4.57 Å². The molecule has 2 aromatic rings. The van der Waals surface area contributed by atoms with E-state index in [1.807, 2.05) is 24.5 Å². The largest absolute Gasteiger partial charge is 0.485 e. The minimum absolute atomic E-state index is 0.0512. The van der Waals surface area contributed by atoms with E-state index in [4.69, 9.17) is 18.9 Å². The van der Waals surface area contributed by atoms with Gasteiger partial charge in [-0.3, -0.25) is 4.79 Å². The number of Topliss-reactive ketones (excluding diaryl/α,β-unsaturated/α-hetero) is 1. The van der Waals surface area contributed by atoms with Gasteiger partial charge < -0.3 is 23.5 Å². The van der Waals surface area contributed by atoms with E-state index in [1.165, 1.54) is 0 Å². The molecule has 1 aromatic heterocycles. The van der Waals surface area contributed by atoms with E-state index in [0.29, 0.717) is 30.2 Å². The minimum Gasteiger partial charge on any atom is -0.485 e. The number of aryl methyl sites for hydroxylation is 1. The highest BCUT2D eigenvalue weighted by atomic mass is 16.6. The molecule has 0 fully saturated rings. The highest BCUT2D eigenvalue weighted by Gasteiger charge is 2.29. The molecule has 0 N–H and O–H groups in total. The van der Waals surface area contributed by atoms with Crippen molar-refractivity contribution in [2.45, 2.75) is 26.5 Å². The second kappa shape index (κ2) is 8.26. The molecule has 3 rings (SSSR count). The fourth-order valence-corrected chi connectivity index (χ4v) is 3.05. The number of hydrogen-bond donors (Lipinski definition) is 0. The molecule has 1 atom stereocenters. The Morgan fingerprint density at radius 2 is 1.96 bits per heavy atom. The Morgan fingerprint density at radius 3 is 2.70 bits per heavy atom. The van der Waals surface area contributed by atoms with Crippen molar-refractivity contribution in [1.29, 1.82) is 0 Å². The first-order chi connectivity index (χ1) is 13.0. The summed E-state index contributed by atoms with van der Waals surface area (Å²) in [5, 5.41) is 0. The summed E-state index contributed by atoms with van der Waals surface area (Å²) in [5.41, 5.74) is 2.33. The number of esters is 1. The summed E-state index contributed by atoms with van der Waals surface area (Å²) in [7, 11) is 1.63. The van der Waals surface area contributed by atoms with Gasteiger partial charge in [0, 0.05) is 30.6 Å². The monoisotopic (exact) mass is 373 g/mol. The second-order valence-corrected chi connectivity index (χ2v) is 6.32. The first-order valence-electron chi connectivity index (χ1n) is 8.75. The van der Waals surface area contributed by atoms with Crippen LogP contribution in [0.3, 0.4) is 0 Å². The Bertz CT molecular complexity index is 841. The fourth-order valence-electron chi connectivity index (χ4n) is 3.05. The average molecular weight is 373 g/mol. The van der Waals surface area contributed by atoms with Crippen LogP contribution in [0.15, 0.2) is 30.3 Å². The molecule has 2 heterocycles. The van der Waals surface area contributed by atoms with Gasteiger partial charge in [0.2, 0.25) is 11.9 Å². The molecule has 0 saturated heterocycles. The van der Waals surface area contributed by atoms with Crippen LogP contribution >= 0.6 is 0 Å². The molecule has 0 bridgehead atoms. The van der Waals surface area contributed by atoms with E-state index >= 15 is 0 Å². The number of ketones is 1. The molecule has 1 aliphatic rings. The normalized spacial score (nSPS) is 15.4. The summed E-state index contributed by atoms with van der Waals surface area (Å²) < 4.78 is 23.4. The van der Waals surface area contributed by atoms with Crippen LogP contribution in [0.2, 0.25) is 0 Å². The van der Waals surface area contributed by atoms with E-state index < -0.39 is 12.1 Å². The van der Waals surface area contributed by atoms with Gasteiger partial charge in [0.15, 0.2) is 18.1 Å². The van der Waals surface area contributed by atoms with Crippen LogP contribution in [0, 0.1) is 13.8 Å². The molecule has 7 nitrogen and oxygen atoms in total. The average Bonchev–Trinajstić information content (AvgIpc) is 2.97. The number of methoxy groups -OCH3 is 1. The molecular weight excluding hydrogens is 350 g/mol. The standard InChI is InChI=1S/C20H23NO6/c1-13-10-15(14(2)21(13)8-9-24-3)16(22)11-26-20(23)19-12-25-17-6-4-5-7-18(17)27-19/h4-7,10,19H,8-9,11-12H2,1-3H3/t19-/m1/s1. The summed E-state index contributed by atoms with van der Waals surface area (Å²) in [4.78, 5) is 24.7. The van der Waals surface area contributed by atoms with Gasteiger partial charge in [0.25, 0.3) is 0 Å². The van der Waals surface area contributed by atoms with E-state index in [-0.39, 0.29) is 19.0 Å². The molecule has 1 aliphatic heterocycles. The number of carbonyl (C=O) groups excluding carboxylic acids is 2. The van der Waals surface area contributed by atoms with Crippen LogP contribution in [0.25, 0.3) is 0 Å². The van der Waals surface area contributed by atoms with Gasteiger partial charge in [-0.1, -0.05) is 12.1 Å². The van der Waals surface area contributed by atoms with E-state index in [2.05, 4.69) is 0 Å². The van der Waals surface area contributed by atoms with Gasteiger partial charge in [0.05, 0.1) is 6.61 Å². The third-order valence-corrected chi connectivity index (χ3v) is 4.51. The summed E-state index contributed by atoms with van der Waals surface area (Å²) in [6.07, 6.45) is -0.887. The molecule has 144 valence electrons. The van der Waals surface area contributed by atoms with Crippen molar-refractivity contribution in [2.24, 2.45) is 0 Å². The Labute approximate surface area is 157 Å². The van der Waals surface area contributed by atoms with Crippen LogP contribution in [-0.4, -0.2) is 49.4 Å². The van der Waals surface area contributed by atoms with Gasteiger partial charge in [-0.25, -0.2) is 4.79 Å². The summed E-state index contributed by atoms with van der Waals surface area (Å²) in [5.74, 6) is 0.197. The smallest absolute Gasteiger partial charge is 0.351 e. The number of nitrogens with zero attached hydrogens (tertiary/aromatic N) is 1. The number of hydrogen-bond acceptors (Lipinski definition) is 6. The van der Waals surface area contributed by atoms with Crippen LogP contribution in [0.4, 0.5) is 0 Å². The van der Waals surface area contributed by atoms with Crippen LogP contribution in [0.1, 0.15) is 21.7 Å². The highest BCUT2D eigenvalue weighted by Crippen LogP contribution is 2.31. The van der Waals surface area contributed by atoms with E-state index in [9.17, 15) is 9.59 Å². The number of para-hydroxylation sites is 2. The number of ether oxygens (including phenoxy) is 4. The molecular formula is C20H23NO6. The van der Waals surface area contributed by atoms with Crippen molar-refractivity contribution in [3.05, 3.63) is 47.3 Å². The Morgan fingerprint density at radius 1 is 1.22 bits per heavy atom. The van der Waals surface area contributed by atoms with Gasteiger partial charge in [-0.15, -0.1) is 0 Å². The van der Waals surface area contributed by atoms with E-state index in [0.717, 1.165) is 11.4 Å². The molecule has 7 heteroatoms. The third kappa shape index (κ3) is 4.14. The number of fused-ring (bicyclic) bond motifs is 1. The quantitative estimate of drug-likeness (QED) is 0.548. The second-order valence-electron chi connectivity index (χ2n) is 6.32. The number of benzene rings is 1. The van der Waals surface area contributed by atoms with Crippen molar-refractivity contribution in [3.8, 4) is 11.5 Å². The van der Waals surface area contributed by atoms with Crippen molar-refractivity contribution in [2.75, 3.05) is 26.9 Å². The summed E-state index contributed by atoms with van der Waals surface area (Å²) in [6, 6.07) is 8.90. The van der Waals surface area contributed by atoms with Crippen molar-refractivity contribution in [3.63, 3.8) is 0 Å². The number of carbonyl (C=O) groups is 2. The fraction of sp³-hybridized carbons (Fsp3) is 0.400. The zero-order valence-electron chi connectivity index (χ0n) is 15.7. The summed E-state index contributed by atoms with van der Waals surface area (Å²) >= 11 is 0. The molecule has 0 unspecified atom stereocenters. The SMILES string of the molecule is COCCn1c(C)cc(C(=O)COC(=O)[C@H]2COc3ccccc3O2)c1C. The molecule has 0 aliphatic carbocycles.